The zero-order chi connectivity index (χ0) is 18.1. The third-order valence-electron chi connectivity index (χ3n) is 3.96. The Morgan fingerprint density at radius 3 is 2.17 bits per heavy atom. The number of unbranched alkanes of at least 4 members (excludes halogenated alkanes) is 2. The van der Waals surface area contributed by atoms with Crippen LogP contribution in [0.5, 0.6) is 0 Å². The summed E-state index contributed by atoms with van der Waals surface area (Å²) in [5, 5.41) is 10.1. The van der Waals surface area contributed by atoms with Crippen LogP contribution in [0.25, 0.3) is 0 Å². The van der Waals surface area contributed by atoms with Crippen LogP contribution >= 0.6 is 0 Å². The number of ether oxygens (including phenoxy) is 2. The number of rotatable bonds is 13. The van der Waals surface area contributed by atoms with E-state index in [-0.39, 0.29) is 6.42 Å². The molecule has 0 radical (unpaired) electrons. The summed E-state index contributed by atoms with van der Waals surface area (Å²) in [6.07, 6.45) is 7.48. The lowest BCUT2D eigenvalue weighted by Crippen LogP contribution is -2.36. The largest absolute Gasteiger partial charge is 0.653 e. The van der Waals surface area contributed by atoms with Gasteiger partial charge in [0.05, 0.1) is 13.2 Å². The Labute approximate surface area is 144 Å². The quantitative estimate of drug-likeness (QED) is 0.214. The molecular weight excluding hydrogens is 337 g/mol. The van der Waals surface area contributed by atoms with E-state index in [2.05, 4.69) is 0 Å². The molecule has 0 atom stereocenters. The second-order valence-corrected chi connectivity index (χ2v) is 7.63. The van der Waals surface area contributed by atoms with Gasteiger partial charge in [0, 0.05) is 11.6 Å². The van der Waals surface area contributed by atoms with Crippen LogP contribution in [0, 0.1) is 0 Å². The molecule has 0 saturated carbocycles. The molecule has 0 aromatic rings. The van der Waals surface area contributed by atoms with Gasteiger partial charge in [-0.15, -0.1) is 0 Å². The molecule has 1 aliphatic rings. The lowest BCUT2D eigenvalue weighted by atomic mass is 10.1. The van der Waals surface area contributed by atoms with Crippen LogP contribution in [0.3, 0.4) is 0 Å². The van der Waals surface area contributed by atoms with Crippen LogP contribution in [0.2, 0.25) is 0 Å². The first-order valence-corrected chi connectivity index (χ1v) is 10.4. The van der Waals surface area contributed by atoms with Gasteiger partial charge in [-0.05, 0) is 32.1 Å². The van der Waals surface area contributed by atoms with E-state index in [4.69, 9.17) is 9.47 Å². The van der Waals surface area contributed by atoms with Gasteiger partial charge in [-0.3, -0.25) is 0 Å². The van der Waals surface area contributed by atoms with Gasteiger partial charge < -0.3 is 14.6 Å². The van der Waals surface area contributed by atoms with Crippen LogP contribution in [0.15, 0.2) is 22.9 Å². The standard InChI is InChI=1S/C17H29F3O3Si/c1-3-5-13-22-17(21,23-14-6-4-2)12-8-10-15-9-7-11-16(15)24(18,19)20/h7,11,21H,3-6,8-10,12-14H2,1-2H3. The minimum Gasteiger partial charge on any atom is -0.343 e. The zero-order valence-corrected chi connectivity index (χ0v) is 15.6. The Morgan fingerprint density at radius 2 is 1.67 bits per heavy atom. The van der Waals surface area contributed by atoms with Crippen molar-refractivity contribution in [3.8, 4) is 0 Å². The summed E-state index contributed by atoms with van der Waals surface area (Å²) in [5.74, 6) is -1.69. The van der Waals surface area contributed by atoms with Crippen molar-refractivity contribution in [2.24, 2.45) is 0 Å². The van der Waals surface area contributed by atoms with E-state index in [9.17, 15) is 17.4 Å². The van der Waals surface area contributed by atoms with Crippen molar-refractivity contribution in [2.45, 2.75) is 71.2 Å². The van der Waals surface area contributed by atoms with Crippen molar-refractivity contribution >= 4 is 9.08 Å². The van der Waals surface area contributed by atoms with Crippen LogP contribution in [-0.4, -0.2) is 33.4 Å². The second-order valence-electron chi connectivity index (χ2n) is 6.09. The normalized spacial score (nSPS) is 15.6. The maximum Gasteiger partial charge on any atom is 0.653 e. The average Bonchev–Trinajstić information content (AvgIpc) is 2.96. The lowest BCUT2D eigenvalue weighted by Gasteiger charge is -2.28. The van der Waals surface area contributed by atoms with Gasteiger partial charge in [-0.1, -0.05) is 44.4 Å². The first-order chi connectivity index (χ1) is 11.3. The van der Waals surface area contributed by atoms with Gasteiger partial charge in [0.2, 0.25) is 0 Å². The molecule has 24 heavy (non-hydrogen) atoms. The van der Waals surface area contributed by atoms with Gasteiger partial charge in [-0.2, -0.15) is 0 Å². The van der Waals surface area contributed by atoms with E-state index in [1.165, 1.54) is 6.08 Å². The van der Waals surface area contributed by atoms with E-state index < -0.39 is 20.2 Å². The first kappa shape index (κ1) is 21.4. The van der Waals surface area contributed by atoms with Crippen molar-refractivity contribution in [3.63, 3.8) is 0 Å². The van der Waals surface area contributed by atoms with Gasteiger partial charge in [-0.25, -0.2) is 12.3 Å². The Balaban J connectivity index is 2.54. The van der Waals surface area contributed by atoms with E-state index in [0.29, 0.717) is 38.0 Å². The summed E-state index contributed by atoms with van der Waals surface area (Å²) in [4.78, 5) is 0. The molecule has 0 bridgehead atoms. The topological polar surface area (TPSA) is 38.7 Å². The Kier molecular flexibility index (Phi) is 9.26. The first-order valence-electron chi connectivity index (χ1n) is 8.78. The molecule has 1 N–H and O–H groups in total. The molecular formula is C17H29F3O3Si. The fraction of sp³-hybridized carbons (Fsp3) is 0.765. The van der Waals surface area contributed by atoms with Gasteiger partial charge >= 0.3 is 9.08 Å². The predicted octanol–water partition coefficient (Wildman–Crippen LogP) is 5.08. The van der Waals surface area contributed by atoms with E-state index >= 15 is 0 Å². The highest BCUT2D eigenvalue weighted by atomic mass is 28.5. The van der Waals surface area contributed by atoms with Crippen LogP contribution in [-0.2, 0) is 9.47 Å². The van der Waals surface area contributed by atoms with Gasteiger partial charge in [0.1, 0.15) is 0 Å². The third-order valence-corrected chi connectivity index (χ3v) is 5.09. The molecule has 140 valence electrons. The smallest absolute Gasteiger partial charge is 0.343 e. The van der Waals surface area contributed by atoms with Crippen LogP contribution < -0.4 is 0 Å². The summed E-state index contributed by atoms with van der Waals surface area (Å²) in [6, 6.07) is 0. The molecule has 0 aromatic heterocycles. The average molecular weight is 366 g/mol. The number of hydrogen-bond donors (Lipinski definition) is 1. The lowest BCUT2D eigenvalue weighted by molar-refractivity contribution is -0.363. The monoisotopic (exact) mass is 366 g/mol. The molecule has 0 fully saturated rings. The molecule has 0 spiro atoms. The Morgan fingerprint density at radius 1 is 1.08 bits per heavy atom. The molecule has 1 rings (SSSR count). The Hall–Kier alpha value is -0.633. The summed E-state index contributed by atoms with van der Waals surface area (Å²) in [6.45, 7) is 4.79. The molecule has 3 nitrogen and oxygen atoms in total. The molecule has 0 aromatic carbocycles. The van der Waals surface area contributed by atoms with Gasteiger partial charge in [0.25, 0.3) is 5.97 Å². The fourth-order valence-electron chi connectivity index (χ4n) is 2.54. The highest BCUT2D eigenvalue weighted by Crippen LogP contribution is 2.33. The van der Waals surface area contributed by atoms with Crippen LogP contribution in [0.4, 0.5) is 12.3 Å². The minimum atomic E-state index is -5.77. The second kappa shape index (κ2) is 10.4. The molecule has 0 amide bonds. The van der Waals surface area contributed by atoms with Gasteiger partial charge in [0.15, 0.2) is 0 Å². The summed E-state index contributed by atoms with van der Waals surface area (Å²) < 4.78 is 50.0. The Bertz CT molecular complexity index is 423. The third kappa shape index (κ3) is 7.50. The number of halogens is 3. The van der Waals surface area contributed by atoms with E-state index in [1.54, 1.807) is 6.08 Å². The van der Waals surface area contributed by atoms with E-state index in [1.807, 2.05) is 13.8 Å². The molecule has 0 aliphatic heterocycles. The summed E-state index contributed by atoms with van der Waals surface area (Å²) >= 11 is 0. The highest BCUT2D eigenvalue weighted by molar-refractivity contribution is 6.68. The zero-order valence-electron chi connectivity index (χ0n) is 14.6. The molecule has 0 heterocycles. The van der Waals surface area contributed by atoms with Crippen molar-refractivity contribution < 1.29 is 26.9 Å². The highest BCUT2D eigenvalue weighted by Gasteiger charge is 2.43. The number of aliphatic hydroxyl groups is 1. The minimum absolute atomic E-state index is 0.177. The molecule has 1 aliphatic carbocycles. The predicted molar refractivity (Wildman–Crippen MR) is 90.4 cm³/mol. The van der Waals surface area contributed by atoms with E-state index in [0.717, 1.165) is 25.7 Å². The molecule has 0 unspecified atom stereocenters. The van der Waals surface area contributed by atoms with Crippen molar-refractivity contribution in [2.75, 3.05) is 13.2 Å². The maximum absolute atomic E-state index is 13.0. The summed E-state index contributed by atoms with van der Waals surface area (Å²) in [7, 11) is -5.77. The summed E-state index contributed by atoms with van der Waals surface area (Å²) in [5.41, 5.74) is 0.429. The SMILES string of the molecule is CCCCOC(O)(CCCC1=C([Si](F)(F)F)C=CC1)OCCCC. The van der Waals surface area contributed by atoms with Crippen molar-refractivity contribution in [1.82, 2.24) is 0 Å². The molecule has 7 heteroatoms. The number of allylic oxidation sites excluding steroid dienone is 4. The fourth-order valence-corrected chi connectivity index (χ4v) is 3.48. The molecule has 0 saturated heterocycles. The number of hydrogen-bond acceptors (Lipinski definition) is 3. The maximum atomic E-state index is 13.0. The van der Waals surface area contributed by atoms with Crippen LogP contribution in [0.1, 0.15) is 65.2 Å². The van der Waals surface area contributed by atoms with Crippen molar-refractivity contribution in [1.29, 1.82) is 0 Å². The van der Waals surface area contributed by atoms with Crippen molar-refractivity contribution in [3.05, 3.63) is 22.9 Å².